The average molecular weight is 368 g/mol. The topological polar surface area (TPSA) is 78.1 Å². The Morgan fingerprint density at radius 1 is 1.19 bits per heavy atom. The molecule has 1 saturated heterocycles. The first-order valence-corrected chi connectivity index (χ1v) is 9.29. The molecule has 142 valence electrons. The van der Waals surface area contributed by atoms with Gasteiger partial charge in [-0.25, -0.2) is 9.78 Å². The summed E-state index contributed by atoms with van der Waals surface area (Å²) in [5.41, 5.74) is 3.45. The Bertz CT molecular complexity index is 968. The molecular weight excluding hydrogens is 344 g/mol. The fraction of sp³-hybridized carbons (Fsp3) is 0.474. The van der Waals surface area contributed by atoms with Gasteiger partial charge in [-0.1, -0.05) is 0 Å². The normalized spacial score (nSPS) is 15.4. The van der Waals surface area contributed by atoms with E-state index in [9.17, 15) is 4.79 Å². The zero-order valence-corrected chi connectivity index (χ0v) is 15.9. The van der Waals surface area contributed by atoms with Crippen LogP contribution in [0.1, 0.15) is 41.6 Å². The second kappa shape index (κ2) is 7.02. The van der Waals surface area contributed by atoms with Crippen LogP contribution in [0, 0.1) is 0 Å². The first-order chi connectivity index (χ1) is 13.1. The van der Waals surface area contributed by atoms with Gasteiger partial charge in [-0.05, 0) is 31.2 Å². The zero-order valence-electron chi connectivity index (χ0n) is 15.9. The fourth-order valence-electron chi connectivity index (χ4n) is 3.87. The summed E-state index contributed by atoms with van der Waals surface area (Å²) >= 11 is 0. The number of piperidine rings is 1. The fourth-order valence-corrected chi connectivity index (χ4v) is 3.87. The molecule has 4 heterocycles. The Morgan fingerprint density at radius 2 is 1.96 bits per heavy atom. The van der Waals surface area contributed by atoms with Gasteiger partial charge in [0.15, 0.2) is 5.65 Å². The van der Waals surface area contributed by atoms with Gasteiger partial charge in [-0.15, -0.1) is 0 Å². The summed E-state index contributed by atoms with van der Waals surface area (Å²) in [6, 6.07) is 0. The van der Waals surface area contributed by atoms with Crippen molar-refractivity contribution in [2.45, 2.75) is 25.7 Å². The van der Waals surface area contributed by atoms with E-state index < -0.39 is 0 Å². The third-order valence-electron chi connectivity index (χ3n) is 5.24. The molecule has 1 aliphatic heterocycles. The van der Waals surface area contributed by atoms with E-state index in [1.165, 1.54) is 5.56 Å². The third-order valence-corrected chi connectivity index (χ3v) is 5.24. The summed E-state index contributed by atoms with van der Waals surface area (Å²) < 4.78 is 8.85. The van der Waals surface area contributed by atoms with Gasteiger partial charge in [0.05, 0.1) is 30.1 Å². The summed E-state index contributed by atoms with van der Waals surface area (Å²) in [6.07, 6.45) is 9.47. The molecule has 3 aromatic heterocycles. The summed E-state index contributed by atoms with van der Waals surface area (Å²) in [4.78, 5) is 19.2. The van der Waals surface area contributed by atoms with Gasteiger partial charge in [0, 0.05) is 39.6 Å². The minimum Gasteiger partial charge on any atom is -0.462 e. The predicted molar refractivity (Wildman–Crippen MR) is 102 cm³/mol. The predicted octanol–water partition coefficient (Wildman–Crippen LogP) is 2.26. The molecule has 27 heavy (non-hydrogen) atoms. The number of esters is 1. The van der Waals surface area contributed by atoms with Crippen LogP contribution in [0.3, 0.4) is 0 Å². The van der Waals surface area contributed by atoms with Crippen LogP contribution in [-0.2, 0) is 18.8 Å². The summed E-state index contributed by atoms with van der Waals surface area (Å²) in [6.45, 7) is 3.87. The smallest absolute Gasteiger partial charge is 0.341 e. The highest BCUT2D eigenvalue weighted by Crippen LogP contribution is 2.35. The SMILES string of the molecule is CCOC(=O)c1cnc2c(cnn2C)c1N1CCC(c2cnn(C)c2)CC1. The van der Waals surface area contributed by atoms with Crippen molar-refractivity contribution in [1.82, 2.24) is 24.5 Å². The molecular formula is C19H24N6O2. The van der Waals surface area contributed by atoms with E-state index in [-0.39, 0.29) is 5.97 Å². The van der Waals surface area contributed by atoms with Crippen molar-refractivity contribution in [1.29, 1.82) is 0 Å². The molecule has 1 fully saturated rings. The van der Waals surface area contributed by atoms with E-state index in [2.05, 4.69) is 26.3 Å². The number of hydrogen-bond donors (Lipinski definition) is 0. The number of nitrogens with zero attached hydrogens (tertiary/aromatic N) is 6. The van der Waals surface area contributed by atoms with Crippen LogP contribution in [0.4, 0.5) is 5.69 Å². The molecule has 1 aliphatic rings. The standard InChI is InChI=1S/C19H24N6O2/c1-4-27-19(26)16-10-20-18-15(11-22-24(18)3)17(16)25-7-5-13(6-8-25)14-9-21-23(2)12-14/h9-13H,4-8H2,1-3H3. The Morgan fingerprint density at radius 3 is 2.63 bits per heavy atom. The van der Waals surface area contributed by atoms with Crippen LogP contribution >= 0.6 is 0 Å². The van der Waals surface area contributed by atoms with Gasteiger partial charge in [-0.3, -0.25) is 9.36 Å². The Balaban J connectivity index is 1.66. The van der Waals surface area contributed by atoms with E-state index in [4.69, 9.17) is 4.74 Å². The minimum absolute atomic E-state index is 0.333. The van der Waals surface area contributed by atoms with Crippen LogP contribution < -0.4 is 4.90 Å². The molecule has 0 spiro atoms. The van der Waals surface area contributed by atoms with Crippen LogP contribution in [-0.4, -0.2) is 50.2 Å². The number of aromatic nitrogens is 5. The van der Waals surface area contributed by atoms with Crippen molar-refractivity contribution >= 4 is 22.7 Å². The van der Waals surface area contributed by atoms with Crippen LogP contribution in [0.25, 0.3) is 11.0 Å². The zero-order chi connectivity index (χ0) is 19.0. The first-order valence-electron chi connectivity index (χ1n) is 9.29. The van der Waals surface area contributed by atoms with Crippen molar-refractivity contribution < 1.29 is 9.53 Å². The second-order valence-corrected chi connectivity index (χ2v) is 6.96. The molecule has 4 rings (SSSR count). The number of pyridine rings is 1. The summed E-state index contributed by atoms with van der Waals surface area (Å²) in [7, 11) is 3.80. The molecule has 8 nitrogen and oxygen atoms in total. The molecule has 0 unspecified atom stereocenters. The highest BCUT2D eigenvalue weighted by molar-refractivity contribution is 6.04. The quantitative estimate of drug-likeness (QED) is 0.658. The molecule has 0 radical (unpaired) electrons. The van der Waals surface area contributed by atoms with Gasteiger partial charge < -0.3 is 9.64 Å². The highest BCUT2D eigenvalue weighted by Gasteiger charge is 2.27. The molecule has 3 aromatic rings. The molecule has 0 N–H and O–H groups in total. The van der Waals surface area contributed by atoms with Crippen LogP contribution in [0.5, 0.6) is 0 Å². The van der Waals surface area contributed by atoms with Crippen molar-refractivity contribution in [3.05, 3.63) is 35.9 Å². The lowest BCUT2D eigenvalue weighted by Crippen LogP contribution is -2.34. The maximum atomic E-state index is 12.5. The molecule has 0 saturated carbocycles. The van der Waals surface area contributed by atoms with E-state index in [0.717, 1.165) is 42.7 Å². The van der Waals surface area contributed by atoms with Gasteiger partial charge in [0.1, 0.15) is 5.56 Å². The monoisotopic (exact) mass is 368 g/mol. The summed E-state index contributed by atoms with van der Waals surface area (Å²) in [5.74, 6) is 0.160. The molecule has 0 amide bonds. The van der Waals surface area contributed by atoms with Crippen molar-refractivity contribution in [3.63, 3.8) is 0 Å². The van der Waals surface area contributed by atoms with E-state index in [0.29, 0.717) is 18.1 Å². The molecule has 0 aliphatic carbocycles. The maximum absolute atomic E-state index is 12.5. The van der Waals surface area contributed by atoms with Crippen molar-refractivity contribution in [3.8, 4) is 0 Å². The number of carbonyl (C=O) groups excluding carboxylic acids is 1. The van der Waals surface area contributed by atoms with Crippen LogP contribution in [0.2, 0.25) is 0 Å². The first kappa shape index (κ1) is 17.5. The van der Waals surface area contributed by atoms with E-state index in [1.807, 2.05) is 31.9 Å². The van der Waals surface area contributed by atoms with E-state index in [1.54, 1.807) is 17.1 Å². The van der Waals surface area contributed by atoms with E-state index >= 15 is 0 Å². The lowest BCUT2D eigenvalue weighted by Gasteiger charge is -2.34. The van der Waals surface area contributed by atoms with Gasteiger partial charge in [0.2, 0.25) is 0 Å². The lowest BCUT2D eigenvalue weighted by molar-refractivity contribution is 0.0526. The lowest BCUT2D eigenvalue weighted by atomic mass is 9.91. The van der Waals surface area contributed by atoms with Crippen molar-refractivity contribution in [2.24, 2.45) is 14.1 Å². The van der Waals surface area contributed by atoms with Crippen molar-refractivity contribution in [2.75, 3.05) is 24.6 Å². The van der Waals surface area contributed by atoms with Gasteiger partial charge in [-0.2, -0.15) is 10.2 Å². The number of ether oxygens (including phenoxy) is 1. The summed E-state index contributed by atoms with van der Waals surface area (Å²) in [5, 5.41) is 9.51. The third kappa shape index (κ3) is 3.15. The number of aryl methyl sites for hydroxylation is 2. The highest BCUT2D eigenvalue weighted by atomic mass is 16.5. The molecule has 8 heteroatoms. The molecule has 0 aromatic carbocycles. The van der Waals surface area contributed by atoms with Gasteiger partial charge >= 0.3 is 5.97 Å². The Kier molecular flexibility index (Phi) is 4.55. The number of fused-ring (bicyclic) bond motifs is 1. The molecule has 0 atom stereocenters. The number of carbonyl (C=O) groups is 1. The van der Waals surface area contributed by atoms with Crippen LogP contribution in [0.15, 0.2) is 24.8 Å². The second-order valence-electron chi connectivity index (χ2n) is 6.96. The van der Waals surface area contributed by atoms with Gasteiger partial charge in [0.25, 0.3) is 0 Å². The largest absolute Gasteiger partial charge is 0.462 e. The number of hydrogen-bond acceptors (Lipinski definition) is 6. The minimum atomic E-state index is -0.333. The Hall–Kier alpha value is -2.90. The average Bonchev–Trinajstić information content (AvgIpc) is 3.27. The Labute approximate surface area is 157 Å². The molecule has 0 bridgehead atoms. The number of rotatable bonds is 4. The maximum Gasteiger partial charge on any atom is 0.341 e. The number of anilines is 1.